The number of amides is 1. The summed E-state index contributed by atoms with van der Waals surface area (Å²) in [5.74, 6) is -1.72. The predicted molar refractivity (Wildman–Crippen MR) is 95.2 cm³/mol. The zero-order valence-electron chi connectivity index (χ0n) is 13.5. The Hall–Kier alpha value is -2.80. The van der Waals surface area contributed by atoms with Crippen molar-refractivity contribution in [2.24, 2.45) is 0 Å². The molecule has 0 atom stereocenters. The van der Waals surface area contributed by atoms with E-state index in [1.165, 1.54) is 23.9 Å². The fourth-order valence-electron chi connectivity index (χ4n) is 2.05. The summed E-state index contributed by atoms with van der Waals surface area (Å²) in [4.78, 5) is 35.6. The number of anilines is 1. The third-order valence-corrected chi connectivity index (χ3v) is 4.16. The maximum absolute atomic E-state index is 12.3. The molecule has 0 saturated heterocycles. The molecule has 6 nitrogen and oxygen atoms in total. The second-order valence-electron chi connectivity index (χ2n) is 4.92. The van der Waals surface area contributed by atoms with Crippen LogP contribution in [0.5, 0.6) is 0 Å². The molecule has 25 heavy (non-hydrogen) atoms. The topological polar surface area (TPSA) is 92.7 Å². The molecule has 2 N–H and O–H groups in total. The molecule has 130 valence electrons. The minimum absolute atomic E-state index is 0.0541. The number of rotatable bonds is 7. The number of esters is 1. The van der Waals surface area contributed by atoms with Gasteiger partial charge in [-0.15, -0.1) is 11.8 Å². The van der Waals surface area contributed by atoms with Crippen molar-refractivity contribution < 1.29 is 24.2 Å². The number of carbonyl (C=O) groups excluding carboxylic acids is 2. The number of benzene rings is 2. The Kier molecular flexibility index (Phi) is 6.59. The summed E-state index contributed by atoms with van der Waals surface area (Å²) in [6, 6.07) is 12.9. The molecule has 0 fully saturated rings. The first-order valence-electron chi connectivity index (χ1n) is 7.53. The van der Waals surface area contributed by atoms with Gasteiger partial charge in [0.2, 0.25) is 0 Å². The molecule has 0 spiro atoms. The molecule has 0 aliphatic rings. The third-order valence-electron chi connectivity index (χ3n) is 3.18. The molecule has 0 radical (unpaired) electrons. The quantitative estimate of drug-likeness (QED) is 0.582. The van der Waals surface area contributed by atoms with Gasteiger partial charge in [0.05, 0.1) is 23.5 Å². The molecule has 0 saturated carbocycles. The van der Waals surface area contributed by atoms with Crippen molar-refractivity contribution in [3.63, 3.8) is 0 Å². The van der Waals surface area contributed by atoms with Gasteiger partial charge in [-0.2, -0.15) is 0 Å². The van der Waals surface area contributed by atoms with E-state index >= 15 is 0 Å². The van der Waals surface area contributed by atoms with Gasteiger partial charge >= 0.3 is 11.9 Å². The fraction of sp³-hybridized carbons (Fsp3) is 0.167. The van der Waals surface area contributed by atoms with E-state index < -0.39 is 11.9 Å². The minimum Gasteiger partial charge on any atom is -0.478 e. The average molecular weight is 359 g/mol. The van der Waals surface area contributed by atoms with Crippen LogP contribution in [0.1, 0.15) is 27.6 Å². The third kappa shape index (κ3) is 5.36. The highest BCUT2D eigenvalue weighted by atomic mass is 32.2. The number of carbonyl (C=O) groups is 3. The monoisotopic (exact) mass is 359 g/mol. The lowest BCUT2D eigenvalue weighted by Crippen LogP contribution is -2.16. The molecule has 2 aromatic carbocycles. The van der Waals surface area contributed by atoms with Crippen LogP contribution in [0, 0.1) is 0 Å². The first-order valence-corrected chi connectivity index (χ1v) is 8.52. The Morgan fingerprint density at radius 2 is 1.68 bits per heavy atom. The number of carboxylic acids is 1. The number of carboxylic acid groups (broad SMARTS) is 1. The van der Waals surface area contributed by atoms with Gasteiger partial charge in [-0.05, 0) is 43.3 Å². The normalized spacial score (nSPS) is 10.1. The molecule has 0 aromatic heterocycles. The van der Waals surface area contributed by atoms with Crippen molar-refractivity contribution in [2.75, 3.05) is 17.7 Å². The molecule has 1 amide bonds. The minimum atomic E-state index is -1.16. The highest BCUT2D eigenvalue weighted by Crippen LogP contribution is 2.21. The Balaban J connectivity index is 2.00. The molecule has 7 heteroatoms. The van der Waals surface area contributed by atoms with E-state index in [0.717, 1.165) is 4.90 Å². The molecular formula is C18H17NO5S. The maximum Gasteiger partial charge on any atom is 0.336 e. The first kappa shape index (κ1) is 18.5. The van der Waals surface area contributed by atoms with Crippen LogP contribution in [0.3, 0.4) is 0 Å². The predicted octanol–water partition coefficient (Wildman–Crippen LogP) is 3.29. The van der Waals surface area contributed by atoms with Crippen LogP contribution in [0.4, 0.5) is 5.69 Å². The second-order valence-corrected chi connectivity index (χ2v) is 5.97. The van der Waals surface area contributed by atoms with Gasteiger partial charge in [-0.25, -0.2) is 4.79 Å². The molecule has 0 bridgehead atoms. The van der Waals surface area contributed by atoms with Gasteiger partial charge < -0.3 is 15.2 Å². The zero-order chi connectivity index (χ0) is 18.2. The Morgan fingerprint density at radius 1 is 1.04 bits per heavy atom. The summed E-state index contributed by atoms with van der Waals surface area (Å²) in [5, 5.41) is 11.8. The molecule has 2 rings (SSSR count). The van der Waals surface area contributed by atoms with Crippen molar-refractivity contribution in [3.05, 3.63) is 59.7 Å². The molecule has 0 aliphatic heterocycles. The molecule has 0 aliphatic carbocycles. The van der Waals surface area contributed by atoms with E-state index in [-0.39, 0.29) is 22.8 Å². The van der Waals surface area contributed by atoms with Crippen molar-refractivity contribution >= 4 is 35.3 Å². The Bertz CT molecular complexity index is 773. The lowest BCUT2D eigenvalue weighted by molar-refractivity contribution is -0.139. The highest BCUT2D eigenvalue weighted by molar-refractivity contribution is 8.00. The second kappa shape index (κ2) is 8.89. The summed E-state index contributed by atoms with van der Waals surface area (Å²) in [5.41, 5.74) is 0.572. The van der Waals surface area contributed by atoms with Crippen LogP contribution >= 0.6 is 11.8 Å². The Labute approximate surface area is 149 Å². The SMILES string of the molecule is CCOC(=O)CSc1ccc(NC(=O)c2ccccc2C(=O)O)cc1. The van der Waals surface area contributed by atoms with E-state index in [9.17, 15) is 14.4 Å². The van der Waals surface area contributed by atoms with Crippen molar-refractivity contribution in [1.82, 2.24) is 0 Å². The molecule has 2 aromatic rings. The standard InChI is InChI=1S/C18H17NO5S/c1-2-24-16(20)11-25-13-9-7-12(8-10-13)19-17(21)14-5-3-4-6-15(14)18(22)23/h3-10H,2,11H2,1H3,(H,19,21)(H,22,23). The van der Waals surface area contributed by atoms with E-state index in [0.29, 0.717) is 12.3 Å². The Morgan fingerprint density at radius 3 is 2.28 bits per heavy atom. The van der Waals surface area contributed by atoms with E-state index in [1.54, 1.807) is 43.3 Å². The summed E-state index contributed by atoms with van der Waals surface area (Å²) in [6.45, 7) is 2.10. The number of hydrogen-bond donors (Lipinski definition) is 2. The van der Waals surface area contributed by atoms with Gasteiger partial charge in [-0.1, -0.05) is 12.1 Å². The van der Waals surface area contributed by atoms with Gasteiger partial charge in [-0.3, -0.25) is 9.59 Å². The first-order chi connectivity index (χ1) is 12.0. The number of hydrogen-bond acceptors (Lipinski definition) is 5. The van der Waals surface area contributed by atoms with Crippen LogP contribution in [-0.2, 0) is 9.53 Å². The summed E-state index contributed by atoms with van der Waals surface area (Å²) >= 11 is 1.33. The molecule has 0 heterocycles. The smallest absolute Gasteiger partial charge is 0.336 e. The number of thioether (sulfide) groups is 1. The van der Waals surface area contributed by atoms with Gasteiger partial charge in [0.1, 0.15) is 0 Å². The summed E-state index contributed by atoms with van der Waals surface area (Å²) in [6.07, 6.45) is 0. The zero-order valence-corrected chi connectivity index (χ0v) is 14.3. The van der Waals surface area contributed by atoms with E-state index in [4.69, 9.17) is 9.84 Å². The van der Waals surface area contributed by atoms with E-state index in [2.05, 4.69) is 5.32 Å². The lowest BCUT2D eigenvalue weighted by atomic mass is 10.1. The number of ether oxygens (including phenoxy) is 1. The van der Waals surface area contributed by atoms with Crippen LogP contribution in [-0.4, -0.2) is 35.3 Å². The van der Waals surface area contributed by atoms with Crippen LogP contribution in [0.2, 0.25) is 0 Å². The summed E-state index contributed by atoms with van der Waals surface area (Å²) < 4.78 is 4.85. The number of nitrogens with one attached hydrogen (secondary N) is 1. The largest absolute Gasteiger partial charge is 0.478 e. The van der Waals surface area contributed by atoms with Crippen LogP contribution in [0.15, 0.2) is 53.4 Å². The van der Waals surface area contributed by atoms with Crippen molar-refractivity contribution in [1.29, 1.82) is 0 Å². The highest BCUT2D eigenvalue weighted by Gasteiger charge is 2.15. The maximum atomic E-state index is 12.3. The van der Waals surface area contributed by atoms with Gasteiger partial charge in [0, 0.05) is 10.6 Å². The average Bonchev–Trinajstić information content (AvgIpc) is 2.61. The van der Waals surface area contributed by atoms with E-state index in [1.807, 2.05) is 0 Å². The molecule has 0 unspecified atom stereocenters. The molecular weight excluding hydrogens is 342 g/mol. The van der Waals surface area contributed by atoms with Gasteiger partial charge in [0.15, 0.2) is 0 Å². The van der Waals surface area contributed by atoms with Crippen LogP contribution in [0.25, 0.3) is 0 Å². The van der Waals surface area contributed by atoms with Gasteiger partial charge in [0.25, 0.3) is 5.91 Å². The number of aromatic carboxylic acids is 1. The van der Waals surface area contributed by atoms with Crippen LogP contribution < -0.4 is 5.32 Å². The van der Waals surface area contributed by atoms with Crippen molar-refractivity contribution in [2.45, 2.75) is 11.8 Å². The lowest BCUT2D eigenvalue weighted by Gasteiger charge is -2.08. The fourth-order valence-corrected chi connectivity index (χ4v) is 2.74. The summed E-state index contributed by atoms with van der Waals surface area (Å²) in [7, 11) is 0. The van der Waals surface area contributed by atoms with Crippen molar-refractivity contribution in [3.8, 4) is 0 Å².